The van der Waals surface area contributed by atoms with Gasteiger partial charge in [0, 0.05) is 17.1 Å². The molecule has 0 aliphatic rings. The van der Waals surface area contributed by atoms with Crippen LogP contribution in [0.2, 0.25) is 0 Å². The Balaban J connectivity index is 1.75. The topological polar surface area (TPSA) is 89.6 Å². The van der Waals surface area contributed by atoms with Crippen molar-refractivity contribution in [1.29, 1.82) is 0 Å². The molecule has 5 aromatic rings. The SMILES string of the molecule is Nc1ccc(-c2ccc3ncc4[nH]c(=O)n(-c5ccc(C(F)(F)F)cc5)c4c3c2)cn1. The fourth-order valence-corrected chi connectivity index (χ4v) is 3.59. The fraction of sp³-hybridized carbons (Fsp3) is 0.0455. The third-order valence-electron chi connectivity index (χ3n) is 5.08. The number of hydrogen-bond acceptors (Lipinski definition) is 4. The zero-order valence-corrected chi connectivity index (χ0v) is 15.8. The second-order valence-electron chi connectivity index (χ2n) is 7.03. The fourth-order valence-electron chi connectivity index (χ4n) is 3.59. The molecule has 0 aliphatic carbocycles. The minimum atomic E-state index is -4.46. The lowest BCUT2D eigenvalue weighted by Crippen LogP contribution is -2.15. The number of fused-ring (bicyclic) bond motifs is 3. The molecule has 0 spiro atoms. The van der Waals surface area contributed by atoms with Gasteiger partial charge >= 0.3 is 11.9 Å². The second-order valence-corrected chi connectivity index (χ2v) is 7.03. The Morgan fingerprint density at radius 1 is 0.903 bits per heavy atom. The summed E-state index contributed by atoms with van der Waals surface area (Å²) < 4.78 is 40.2. The summed E-state index contributed by atoms with van der Waals surface area (Å²) in [5.74, 6) is 0.398. The number of rotatable bonds is 2. The third-order valence-corrected chi connectivity index (χ3v) is 5.08. The van der Waals surface area contributed by atoms with Crippen molar-refractivity contribution >= 4 is 27.8 Å². The summed E-state index contributed by atoms with van der Waals surface area (Å²) in [5, 5.41) is 0.671. The van der Waals surface area contributed by atoms with Gasteiger partial charge in [-0.15, -0.1) is 0 Å². The first-order valence-corrected chi connectivity index (χ1v) is 9.24. The Morgan fingerprint density at radius 3 is 2.32 bits per heavy atom. The van der Waals surface area contributed by atoms with Gasteiger partial charge in [0.15, 0.2) is 0 Å². The van der Waals surface area contributed by atoms with Crippen molar-refractivity contribution in [2.24, 2.45) is 0 Å². The van der Waals surface area contributed by atoms with Crippen LogP contribution in [0.1, 0.15) is 5.56 Å². The number of benzene rings is 2. The number of anilines is 1. The van der Waals surface area contributed by atoms with Gasteiger partial charge in [0.1, 0.15) is 5.82 Å². The Labute approximate surface area is 172 Å². The molecule has 3 N–H and O–H groups in total. The van der Waals surface area contributed by atoms with Crippen LogP contribution in [-0.2, 0) is 6.18 Å². The van der Waals surface area contributed by atoms with Crippen LogP contribution in [0.3, 0.4) is 0 Å². The number of aromatic amines is 1. The number of nitrogens with one attached hydrogen (secondary N) is 1. The maximum absolute atomic E-state index is 12.9. The molecule has 3 aromatic heterocycles. The molecule has 0 aliphatic heterocycles. The molecule has 9 heteroatoms. The smallest absolute Gasteiger partial charge is 0.384 e. The standard InChI is InChI=1S/C22H14F3N5O/c23-22(24,25)14-3-5-15(6-4-14)30-20-16-9-12(13-2-8-19(26)28-10-13)1-7-17(16)27-11-18(20)29-21(30)31/h1-11H,(H2,26,28)(H,29,31). The van der Waals surface area contributed by atoms with E-state index in [0.29, 0.717) is 33.4 Å². The summed E-state index contributed by atoms with van der Waals surface area (Å²) >= 11 is 0. The summed E-state index contributed by atoms with van der Waals surface area (Å²) in [6.07, 6.45) is -1.28. The number of H-pyrrole nitrogens is 1. The summed E-state index contributed by atoms with van der Waals surface area (Å²) in [5.41, 5.74) is 8.03. The van der Waals surface area contributed by atoms with Crippen molar-refractivity contribution in [3.8, 4) is 16.8 Å². The molecule has 5 rings (SSSR count). The van der Waals surface area contributed by atoms with Crippen LogP contribution in [0.4, 0.5) is 19.0 Å². The molecular weight excluding hydrogens is 407 g/mol. The normalized spacial score (nSPS) is 12.0. The number of hydrogen-bond donors (Lipinski definition) is 2. The zero-order valence-electron chi connectivity index (χ0n) is 15.8. The molecule has 0 bridgehead atoms. The molecule has 0 amide bonds. The van der Waals surface area contributed by atoms with Gasteiger partial charge < -0.3 is 10.7 Å². The van der Waals surface area contributed by atoms with E-state index in [1.807, 2.05) is 24.3 Å². The lowest BCUT2D eigenvalue weighted by molar-refractivity contribution is -0.137. The predicted molar refractivity (Wildman–Crippen MR) is 112 cm³/mol. The maximum atomic E-state index is 12.9. The molecule has 0 unspecified atom stereocenters. The van der Waals surface area contributed by atoms with E-state index in [0.717, 1.165) is 23.3 Å². The van der Waals surface area contributed by atoms with Gasteiger partial charge in [-0.2, -0.15) is 13.2 Å². The molecule has 0 atom stereocenters. The predicted octanol–water partition coefficient (Wildman–Crippen LogP) is 4.53. The number of nitrogens with two attached hydrogens (primary N) is 1. The maximum Gasteiger partial charge on any atom is 0.416 e. The van der Waals surface area contributed by atoms with E-state index >= 15 is 0 Å². The lowest BCUT2D eigenvalue weighted by Gasteiger charge is -2.10. The van der Waals surface area contributed by atoms with Crippen LogP contribution in [0, 0.1) is 0 Å². The van der Waals surface area contributed by atoms with E-state index in [1.54, 1.807) is 12.3 Å². The van der Waals surface area contributed by atoms with Gasteiger partial charge in [0.2, 0.25) is 0 Å². The Hall–Kier alpha value is -4.14. The second kappa shape index (κ2) is 6.69. The van der Waals surface area contributed by atoms with Gasteiger partial charge in [-0.25, -0.2) is 9.78 Å². The van der Waals surface area contributed by atoms with Gasteiger partial charge in [-0.3, -0.25) is 9.55 Å². The average Bonchev–Trinajstić information content (AvgIpc) is 3.09. The van der Waals surface area contributed by atoms with Gasteiger partial charge in [0.25, 0.3) is 0 Å². The minimum absolute atomic E-state index is 0.316. The molecule has 3 heterocycles. The van der Waals surface area contributed by atoms with Crippen molar-refractivity contribution in [2.75, 3.05) is 5.73 Å². The molecule has 2 aromatic carbocycles. The summed E-state index contributed by atoms with van der Waals surface area (Å²) in [6.45, 7) is 0. The summed E-state index contributed by atoms with van der Waals surface area (Å²) in [4.78, 5) is 23.9. The molecule has 0 radical (unpaired) electrons. The van der Waals surface area contributed by atoms with Crippen molar-refractivity contribution in [2.45, 2.75) is 6.18 Å². The van der Waals surface area contributed by atoms with E-state index in [9.17, 15) is 18.0 Å². The highest BCUT2D eigenvalue weighted by Gasteiger charge is 2.30. The zero-order chi connectivity index (χ0) is 21.8. The Morgan fingerprint density at radius 2 is 1.65 bits per heavy atom. The molecule has 154 valence electrons. The first-order chi connectivity index (χ1) is 14.8. The number of pyridine rings is 2. The molecule has 6 nitrogen and oxygen atoms in total. The number of aromatic nitrogens is 4. The first kappa shape index (κ1) is 18.9. The van der Waals surface area contributed by atoms with Crippen LogP contribution in [0.15, 0.2) is 71.8 Å². The van der Waals surface area contributed by atoms with Crippen molar-refractivity contribution in [3.05, 3.63) is 83.0 Å². The van der Waals surface area contributed by atoms with Gasteiger partial charge in [-0.05, 0) is 54.1 Å². The van der Waals surface area contributed by atoms with Crippen molar-refractivity contribution in [1.82, 2.24) is 19.5 Å². The van der Waals surface area contributed by atoms with Crippen molar-refractivity contribution in [3.63, 3.8) is 0 Å². The van der Waals surface area contributed by atoms with E-state index in [1.165, 1.54) is 22.9 Å². The number of nitrogen functional groups attached to an aromatic ring is 1. The van der Waals surface area contributed by atoms with Gasteiger partial charge in [-0.1, -0.05) is 6.07 Å². The molecule has 0 saturated heterocycles. The average molecular weight is 421 g/mol. The lowest BCUT2D eigenvalue weighted by atomic mass is 10.0. The van der Waals surface area contributed by atoms with E-state index < -0.39 is 17.4 Å². The van der Waals surface area contributed by atoms with Crippen LogP contribution in [-0.4, -0.2) is 19.5 Å². The summed E-state index contributed by atoms with van der Waals surface area (Å²) in [6, 6.07) is 13.5. The highest BCUT2D eigenvalue weighted by Crippen LogP contribution is 2.31. The molecular formula is C22H14F3N5O. The molecule has 0 saturated carbocycles. The minimum Gasteiger partial charge on any atom is -0.384 e. The monoisotopic (exact) mass is 421 g/mol. The van der Waals surface area contributed by atoms with E-state index in [4.69, 9.17) is 5.73 Å². The molecule has 31 heavy (non-hydrogen) atoms. The number of nitrogens with zero attached hydrogens (tertiary/aromatic N) is 3. The highest BCUT2D eigenvalue weighted by molar-refractivity contribution is 6.04. The first-order valence-electron chi connectivity index (χ1n) is 9.24. The van der Waals surface area contributed by atoms with Crippen LogP contribution in [0.5, 0.6) is 0 Å². The highest BCUT2D eigenvalue weighted by atomic mass is 19.4. The van der Waals surface area contributed by atoms with Crippen LogP contribution >= 0.6 is 0 Å². The largest absolute Gasteiger partial charge is 0.416 e. The Bertz CT molecular complexity index is 1480. The van der Waals surface area contributed by atoms with Gasteiger partial charge in [0.05, 0.1) is 34.0 Å². The number of alkyl halides is 3. The van der Waals surface area contributed by atoms with Crippen LogP contribution in [0.25, 0.3) is 38.8 Å². The van der Waals surface area contributed by atoms with E-state index in [2.05, 4.69) is 15.0 Å². The summed E-state index contributed by atoms with van der Waals surface area (Å²) in [7, 11) is 0. The molecule has 0 fully saturated rings. The number of imidazole rings is 1. The van der Waals surface area contributed by atoms with Crippen LogP contribution < -0.4 is 11.4 Å². The van der Waals surface area contributed by atoms with E-state index in [-0.39, 0.29) is 0 Å². The third kappa shape index (κ3) is 3.20. The van der Waals surface area contributed by atoms with Crippen molar-refractivity contribution < 1.29 is 13.2 Å². The Kier molecular flexibility index (Phi) is 4.07. The quantitative estimate of drug-likeness (QED) is 0.438. The number of halogens is 3.